The molecule has 2 aromatic rings. The van der Waals surface area contributed by atoms with Gasteiger partial charge in [-0.1, -0.05) is 176 Å². The smallest absolute Gasteiger partial charge is 0.170 e. The Balaban J connectivity index is 0.000000230. The average Bonchev–Trinajstić information content (AvgIpc) is 2.99. The summed E-state index contributed by atoms with van der Waals surface area (Å²) in [5.74, 6) is 0.902. The molecule has 2 atom stereocenters. The number of fused-ring (bicyclic) bond motifs is 2. The molecule has 0 bridgehead atoms. The van der Waals surface area contributed by atoms with Crippen molar-refractivity contribution in [1.29, 1.82) is 0 Å². The van der Waals surface area contributed by atoms with E-state index in [1.807, 2.05) is 48.5 Å². The first kappa shape index (κ1) is 33.8. The zero-order valence-electron chi connectivity index (χ0n) is 27.1. The third kappa shape index (κ3) is 10.2. The van der Waals surface area contributed by atoms with Crippen LogP contribution in [-0.2, 0) is 0 Å². The molecule has 228 valence electrons. The van der Waals surface area contributed by atoms with E-state index in [1.165, 1.54) is 101 Å². The fraction of sp³-hybridized carbons (Fsp3) is 0.550. The summed E-state index contributed by atoms with van der Waals surface area (Å²) in [5.41, 5.74) is 6.49. The highest BCUT2D eigenvalue weighted by molar-refractivity contribution is 6.06. The lowest BCUT2D eigenvalue weighted by molar-refractivity contribution is 0.0922. The molecule has 2 heteroatoms. The number of ketones is 2. The van der Waals surface area contributed by atoms with E-state index in [2.05, 4.69) is 39.8 Å². The Morgan fingerprint density at radius 2 is 0.810 bits per heavy atom. The van der Waals surface area contributed by atoms with Crippen LogP contribution in [0.1, 0.15) is 162 Å². The normalized spacial score (nSPS) is 17.5. The van der Waals surface area contributed by atoms with Gasteiger partial charge in [-0.3, -0.25) is 9.59 Å². The van der Waals surface area contributed by atoms with E-state index in [0.29, 0.717) is 11.6 Å². The quantitative estimate of drug-likeness (QED) is 0.189. The second-order valence-electron chi connectivity index (χ2n) is 12.6. The largest absolute Gasteiger partial charge is 0.293 e. The second-order valence-corrected chi connectivity index (χ2v) is 12.6. The van der Waals surface area contributed by atoms with E-state index in [9.17, 15) is 9.59 Å². The number of allylic oxidation sites excluding steroid dienone is 2. The van der Waals surface area contributed by atoms with E-state index in [4.69, 9.17) is 0 Å². The van der Waals surface area contributed by atoms with Crippen molar-refractivity contribution in [3.8, 4) is 0 Å². The van der Waals surface area contributed by atoms with Crippen LogP contribution in [0.4, 0.5) is 0 Å². The van der Waals surface area contributed by atoms with E-state index in [1.54, 1.807) is 0 Å². The molecule has 0 saturated carbocycles. The highest BCUT2D eigenvalue weighted by atomic mass is 16.1. The molecule has 2 aliphatic rings. The molecule has 0 aromatic heterocycles. The van der Waals surface area contributed by atoms with E-state index < -0.39 is 0 Å². The maximum absolute atomic E-state index is 12.6. The van der Waals surface area contributed by atoms with Crippen LogP contribution in [0.2, 0.25) is 0 Å². The maximum Gasteiger partial charge on any atom is 0.170 e. The van der Waals surface area contributed by atoms with Gasteiger partial charge in [-0.15, -0.1) is 0 Å². The predicted octanol–water partition coefficient (Wildman–Crippen LogP) is 12.1. The molecule has 0 fully saturated rings. The Morgan fingerprint density at radius 3 is 1.19 bits per heavy atom. The summed E-state index contributed by atoms with van der Waals surface area (Å²) in [5, 5.41) is 0. The van der Waals surface area contributed by atoms with Crippen LogP contribution in [-0.4, -0.2) is 11.6 Å². The third-order valence-corrected chi connectivity index (χ3v) is 9.14. The van der Waals surface area contributed by atoms with Crippen LogP contribution in [0, 0.1) is 11.8 Å². The lowest BCUT2D eigenvalue weighted by atomic mass is 9.80. The lowest BCUT2D eigenvalue weighted by Crippen LogP contribution is -2.20. The number of unbranched alkanes of at least 4 members (excludes halogenated alkanes) is 12. The number of Topliss-reactive ketones (excluding diaryl/α,β-unsaturated/α-hetero) is 2. The van der Waals surface area contributed by atoms with Crippen molar-refractivity contribution in [3.63, 3.8) is 0 Å². The van der Waals surface area contributed by atoms with Crippen LogP contribution in [0.5, 0.6) is 0 Å². The zero-order valence-corrected chi connectivity index (χ0v) is 27.1. The van der Waals surface area contributed by atoms with Gasteiger partial charge in [0.15, 0.2) is 11.6 Å². The van der Waals surface area contributed by atoms with Crippen molar-refractivity contribution in [2.45, 2.75) is 130 Å². The van der Waals surface area contributed by atoms with Crippen molar-refractivity contribution in [2.75, 3.05) is 0 Å². The van der Waals surface area contributed by atoms with Crippen LogP contribution in [0.3, 0.4) is 0 Å². The van der Waals surface area contributed by atoms with Gasteiger partial charge in [0.25, 0.3) is 0 Å². The summed E-state index contributed by atoms with van der Waals surface area (Å²) in [6, 6.07) is 16.0. The number of benzene rings is 2. The van der Waals surface area contributed by atoms with E-state index in [0.717, 1.165) is 35.1 Å². The molecule has 0 saturated heterocycles. The van der Waals surface area contributed by atoms with Gasteiger partial charge in [0.1, 0.15) is 0 Å². The number of rotatable bonds is 16. The maximum atomic E-state index is 12.6. The number of hydrogen-bond donors (Lipinski definition) is 0. The summed E-state index contributed by atoms with van der Waals surface area (Å²) in [6.07, 6.45) is 24.7. The van der Waals surface area contributed by atoms with Gasteiger partial charge in [0, 0.05) is 23.0 Å². The molecular formula is C40H56O2. The molecule has 0 spiro atoms. The van der Waals surface area contributed by atoms with Gasteiger partial charge in [-0.25, -0.2) is 0 Å². The standard InChI is InChI=1S/2C20H28O/c2*1-3-4-5-6-7-8-9-13-18-16(2)15-17-12-10-11-14-19(17)20(18)21/h2*10-12,14-15,18H,3-9,13H2,1-2H3. The summed E-state index contributed by atoms with van der Waals surface area (Å²) < 4.78 is 0. The molecule has 42 heavy (non-hydrogen) atoms. The van der Waals surface area contributed by atoms with Gasteiger partial charge in [0.2, 0.25) is 0 Å². The van der Waals surface area contributed by atoms with Gasteiger partial charge < -0.3 is 0 Å². The van der Waals surface area contributed by atoms with Gasteiger partial charge >= 0.3 is 0 Å². The minimum atomic E-state index is 0.121. The fourth-order valence-corrected chi connectivity index (χ4v) is 6.50. The molecule has 0 N–H and O–H groups in total. The van der Waals surface area contributed by atoms with Gasteiger partial charge in [-0.2, -0.15) is 0 Å². The van der Waals surface area contributed by atoms with Gasteiger partial charge in [-0.05, 0) is 37.8 Å². The molecule has 4 rings (SSSR count). The van der Waals surface area contributed by atoms with E-state index >= 15 is 0 Å². The predicted molar refractivity (Wildman–Crippen MR) is 181 cm³/mol. The summed E-state index contributed by atoms with van der Waals surface area (Å²) >= 11 is 0. The minimum absolute atomic E-state index is 0.121. The number of carbonyl (C=O) groups is 2. The van der Waals surface area contributed by atoms with Crippen LogP contribution in [0.25, 0.3) is 12.2 Å². The summed E-state index contributed by atoms with van der Waals surface area (Å²) in [6.45, 7) is 8.72. The monoisotopic (exact) mass is 568 g/mol. The molecule has 0 amide bonds. The number of hydrogen-bond acceptors (Lipinski definition) is 2. The molecular weight excluding hydrogens is 512 g/mol. The first-order chi connectivity index (χ1) is 20.5. The zero-order chi connectivity index (χ0) is 30.2. The van der Waals surface area contributed by atoms with Crippen LogP contribution >= 0.6 is 0 Å². The Labute approximate surface area is 257 Å². The van der Waals surface area contributed by atoms with Crippen molar-refractivity contribution < 1.29 is 9.59 Å². The molecule has 2 aliphatic carbocycles. The molecule has 2 nitrogen and oxygen atoms in total. The van der Waals surface area contributed by atoms with Crippen molar-refractivity contribution in [3.05, 3.63) is 81.9 Å². The Morgan fingerprint density at radius 1 is 0.476 bits per heavy atom. The Hall–Kier alpha value is -2.74. The molecule has 0 heterocycles. The first-order valence-corrected chi connectivity index (χ1v) is 17.1. The second kappa shape index (κ2) is 18.7. The molecule has 0 aliphatic heterocycles. The number of carbonyl (C=O) groups excluding carboxylic acids is 2. The summed E-state index contributed by atoms with van der Waals surface area (Å²) in [4.78, 5) is 25.2. The van der Waals surface area contributed by atoms with Crippen molar-refractivity contribution in [1.82, 2.24) is 0 Å². The summed E-state index contributed by atoms with van der Waals surface area (Å²) in [7, 11) is 0. The minimum Gasteiger partial charge on any atom is -0.293 e. The highest BCUT2D eigenvalue weighted by Crippen LogP contribution is 2.33. The SMILES string of the molecule is CCCCCCCCCC1C(=O)c2ccccc2C=C1C.CCCCCCCCCC1C(=O)c2ccccc2C=C1C. The van der Waals surface area contributed by atoms with Crippen LogP contribution in [0.15, 0.2) is 59.7 Å². The lowest BCUT2D eigenvalue weighted by Gasteiger charge is -2.22. The molecule has 2 aromatic carbocycles. The van der Waals surface area contributed by atoms with E-state index in [-0.39, 0.29) is 11.8 Å². The van der Waals surface area contributed by atoms with Crippen molar-refractivity contribution >= 4 is 23.7 Å². The third-order valence-electron chi connectivity index (χ3n) is 9.14. The highest BCUT2D eigenvalue weighted by Gasteiger charge is 2.27. The average molecular weight is 569 g/mol. The van der Waals surface area contributed by atoms with Crippen molar-refractivity contribution in [2.24, 2.45) is 11.8 Å². The topological polar surface area (TPSA) is 34.1 Å². The Kier molecular flexibility index (Phi) is 15.1. The molecule has 2 unspecified atom stereocenters. The fourth-order valence-electron chi connectivity index (χ4n) is 6.50. The Bertz CT molecular complexity index is 1090. The first-order valence-electron chi connectivity index (χ1n) is 17.1. The molecule has 0 radical (unpaired) electrons. The van der Waals surface area contributed by atoms with Crippen LogP contribution < -0.4 is 0 Å². The van der Waals surface area contributed by atoms with Gasteiger partial charge in [0.05, 0.1) is 0 Å².